The molecular weight excluding hydrogens is 218 g/mol. The number of hydrogen-bond donors (Lipinski definition) is 0. The van der Waals surface area contributed by atoms with Crippen molar-refractivity contribution in [3.63, 3.8) is 0 Å². The van der Waals surface area contributed by atoms with Gasteiger partial charge in [0.1, 0.15) is 0 Å². The van der Waals surface area contributed by atoms with Gasteiger partial charge in [-0.3, -0.25) is 0 Å². The van der Waals surface area contributed by atoms with Gasteiger partial charge in [-0.25, -0.2) is 0 Å². The van der Waals surface area contributed by atoms with E-state index in [9.17, 15) is 0 Å². The van der Waals surface area contributed by atoms with Crippen molar-refractivity contribution in [2.45, 2.75) is 12.3 Å². The molecule has 1 heterocycles. The third-order valence-corrected chi connectivity index (χ3v) is 11.6. The molecule has 0 atom stereocenters. The molecule has 0 unspecified atom stereocenters. The molecule has 0 spiro atoms. The lowest BCUT2D eigenvalue weighted by atomic mass is 10.1. The van der Waals surface area contributed by atoms with Crippen LogP contribution >= 0.6 is 14.5 Å². The highest BCUT2D eigenvalue weighted by Gasteiger charge is 2.43. The molecule has 0 nitrogen and oxygen atoms in total. The maximum atomic E-state index is 2.54. The molecule has 2 rings (SSSR count). The lowest BCUT2D eigenvalue weighted by Gasteiger charge is -2.20. The Hall–Kier alpha value is 0.0800. The van der Waals surface area contributed by atoms with Gasteiger partial charge in [0.25, 0.3) is 0 Å². The fourth-order valence-corrected chi connectivity index (χ4v) is 14.5. The lowest BCUT2D eigenvalue weighted by molar-refractivity contribution is 1.26. The Kier molecular flexibility index (Phi) is 2.95. The van der Waals surface area contributed by atoms with Gasteiger partial charge in [-0.15, -0.1) is 0 Å². The topological polar surface area (TPSA) is 0 Å². The van der Waals surface area contributed by atoms with Crippen molar-refractivity contribution in [3.8, 4) is 0 Å². The minimum absolute atomic E-state index is 0.684. The van der Waals surface area contributed by atoms with Crippen LogP contribution in [0.15, 0.2) is 24.3 Å². The van der Waals surface area contributed by atoms with E-state index in [1.165, 1.54) is 18.2 Å². The second-order valence-corrected chi connectivity index (χ2v) is 15.6. The standard InChI is InChI=1S/C13H22P2/c1-14(2)9-12-7-5-6-8-13(12)10-15(3,4)11-14/h5-8H,9-11H2,1-4H3/q+2. The fraction of sp³-hybridized carbons (Fsp3) is 0.538. The highest BCUT2D eigenvalue weighted by atomic mass is 31.2. The van der Waals surface area contributed by atoms with Crippen LogP contribution in [0.25, 0.3) is 0 Å². The first-order valence-corrected chi connectivity index (χ1v) is 11.7. The number of rotatable bonds is 0. The van der Waals surface area contributed by atoms with Gasteiger partial charge in [0.2, 0.25) is 0 Å². The maximum absolute atomic E-state index is 2.54. The summed E-state index contributed by atoms with van der Waals surface area (Å²) in [6.45, 7) is 10.2. The van der Waals surface area contributed by atoms with Gasteiger partial charge in [0, 0.05) is 0 Å². The second kappa shape index (κ2) is 3.83. The normalized spacial score (nSPS) is 22.9. The summed E-state index contributed by atoms with van der Waals surface area (Å²) in [5.74, 6) is 1.54. The second-order valence-electron chi connectivity index (χ2n) is 6.10. The van der Waals surface area contributed by atoms with Crippen molar-refractivity contribution >= 4 is 14.5 Å². The Morgan fingerprint density at radius 3 is 1.60 bits per heavy atom. The summed E-state index contributed by atoms with van der Waals surface area (Å²) >= 11 is 0. The Bertz CT molecular complexity index is 332. The van der Waals surface area contributed by atoms with Crippen LogP contribution < -0.4 is 0 Å². The SMILES string of the molecule is C[P+]1(C)Cc2ccccc2C[P+](C)(C)C1. The summed E-state index contributed by atoms with van der Waals surface area (Å²) in [5, 5.41) is 0. The van der Waals surface area contributed by atoms with Crippen LogP contribution in [-0.4, -0.2) is 32.6 Å². The van der Waals surface area contributed by atoms with Crippen LogP contribution in [0.4, 0.5) is 0 Å². The molecule has 0 N–H and O–H groups in total. The van der Waals surface area contributed by atoms with E-state index in [2.05, 4.69) is 50.9 Å². The summed E-state index contributed by atoms with van der Waals surface area (Å²) < 4.78 is 0. The van der Waals surface area contributed by atoms with E-state index in [0.29, 0.717) is 0 Å². The molecule has 0 amide bonds. The van der Waals surface area contributed by atoms with Gasteiger partial charge in [-0.2, -0.15) is 0 Å². The average Bonchev–Trinajstić information content (AvgIpc) is 2.13. The first-order valence-electron chi connectivity index (χ1n) is 5.59. The molecule has 0 aliphatic carbocycles. The van der Waals surface area contributed by atoms with Crippen molar-refractivity contribution in [2.75, 3.05) is 32.6 Å². The van der Waals surface area contributed by atoms with E-state index in [4.69, 9.17) is 0 Å². The van der Waals surface area contributed by atoms with E-state index in [1.807, 2.05) is 0 Å². The molecule has 0 fully saturated rings. The smallest absolute Gasteiger partial charge is 0.0618 e. The highest BCUT2D eigenvalue weighted by molar-refractivity contribution is 7.90. The molecule has 1 aromatic rings. The monoisotopic (exact) mass is 240 g/mol. The Balaban J connectivity index is 2.44. The van der Waals surface area contributed by atoms with Crippen LogP contribution in [0.5, 0.6) is 0 Å². The number of hydrogen-bond acceptors (Lipinski definition) is 0. The zero-order chi connectivity index (χ0) is 11.1. The summed E-state index contributed by atoms with van der Waals surface area (Å²) in [6, 6.07) is 9.11. The van der Waals surface area contributed by atoms with E-state index < -0.39 is 14.5 Å². The number of fused-ring (bicyclic) bond motifs is 1. The predicted octanol–water partition coefficient (Wildman–Crippen LogP) is 4.21. The minimum atomic E-state index is -0.684. The van der Waals surface area contributed by atoms with Crippen molar-refractivity contribution in [2.24, 2.45) is 0 Å². The average molecular weight is 240 g/mol. The minimum Gasteiger partial charge on any atom is -0.0618 e. The van der Waals surface area contributed by atoms with Gasteiger partial charge < -0.3 is 0 Å². The third kappa shape index (κ3) is 2.80. The van der Waals surface area contributed by atoms with E-state index in [1.54, 1.807) is 11.1 Å². The molecule has 0 saturated heterocycles. The highest BCUT2D eigenvalue weighted by Crippen LogP contribution is 2.72. The van der Waals surface area contributed by atoms with Crippen LogP contribution in [0.2, 0.25) is 0 Å². The first kappa shape index (κ1) is 11.6. The molecule has 0 aromatic heterocycles. The van der Waals surface area contributed by atoms with Gasteiger partial charge >= 0.3 is 0 Å². The largest absolute Gasteiger partial charge is 0.159 e. The molecule has 0 saturated carbocycles. The Labute approximate surface area is 95.1 Å². The van der Waals surface area contributed by atoms with E-state index in [-0.39, 0.29) is 0 Å². The van der Waals surface area contributed by atoms with Crippen LogP contribution in [0.3, 0.4) is 0 Å². The summed E-state index contributed by atoms with van der Waals surface area (Å²) in [5.41, 5.74) is 3.28. The first-order chi connectivity index (χ1) is 6.88. The number of benzene rings is 1. The quantitative estimate of drug-likeness (QED) is 0.596. The molecule has 2 heteroatoms. The zero-order valence-electron chi connectivity index (χ0n) is 10.3. The molecular formula is C13H22P2+2. The van der Waals surface area contributed by atoms with Gasteiger partial charge in [-0.1, -0.05) is 24.3 Å². The summed E-state index contributed by atoms with van der Waals surface area (Å²) in [7, 11) is -1.37. The molecule has 82 valence electrons. The van der Waals surface area contributed by atoms with Gasteiger partial charge in [0.15, 0.2) is 5.90 Å². The lowest BCUT2D eigenvalue weighted by Crippen LogP contribution is -2.00. The van der Waals surface area contributed by atoms with Crippen molar-refractivity contribution in [1.82, 2.24) is 0 Å². The van der Waals surface area contributed by atoms with Crippen molar-refractivity contribution in [1.29, 1.82) is 0 Å². The Morgan fingerprint density at radius 2 is 1.20 bits per heavy atom. The summed E-state index contributed by atoms with van der Waals surface area (Å²) in [6.07, 6.45) is 2.74. The molecule has 1 aliphatic heterocycles. The third-order valence-electron chi connectivity index (χ3n) is 3.08. The molecule has 0 bridgehead atoms. The van der Waals surface area contributed by atoms with Crippen molar-refractivity contribution in [3.05, 3.63) is 35.4 Å². The van der Waals surface area contributed by atoms with Crippen LogP contribution in [0.1, 0.15) is 11.1 Å². The predicted molar refractivity (Wildman–Crippen MR) is 76.3 cm³/mol. The Morgan fingerprint density at radius 1 is 0.800 bits per heavy atom. The molecule has 1 aromatic carbocycles. The van der Waals surface area contributed by atoms with Crippen molar-refractivity contribution < 1.29 is 0 Å². The molecule has 0 radical (unpaired) electrons. The van der Waals surface area contributed by atoms with E-state index in [0.717, 1.165) is 0 Å². The zero-order valence-corrected chi connectivity index (χ0v) is 12.1. The van der Waals surface area contributed by atoms with Gasteiger partial charge in [0.05, 0.1) is 53.5 Å². The maximum Gasteiger partial charge on any atom is 0.159 e. The van der Waals surface area contributed by atoms with E-state index >= 15 is 0 Å². The van der Waals surface area contributed by atoms with Gasteiger partial charge in [-0.05, 0) is 11.1 Å². The molecule has 1 aliphatic rings. The fourth-order valence-electron chi connectivity index (χ4n) is 2.92. The summed E-state index contributed by atoms with van der Waals surface area (Å²) in [4.78, 5) is 0. The molecule has 15 heavy (non-hydrogen) atoms. The van der Waals surface area contributed by atoms with Crippen LogP contribution in [0, 0.1) is 0 Å². The van der Waals surface area contributed by atoms with Crippen LogP contribution in [-0.2, 0) is 12.3 Å².